The van der Waals surface area contributed by atoms with Gasteiger partial charge in [0.15, 0.2) is 0 Å². The SMILES string of the molecule is O=[N+]([O-])c1ccc(N=Nc2cc[se]c2N2CCCCC2)cc1. The number of nitro benzene ring substituents is 1. The van der Waals surface area contributed by atoms with Crippen LogP contribution in [0.15, 0.2) is 45.5 Å². The summed E-state index contributed by atoms with van der Waals surface area (Å²) in [5.41, 5.74) is 1.63. The topological polar surface area (TPSA) is 71.1 Å². The Morgan fingerprint density at radius 3 is 2.45 bits per heavy atom. The molecule has 7 heteroatoms. The van der Waals surface area contributed by atoms with Crippen molar-refractivity contribution in [3.8, 4) is 0 Å². The number of azo groups is 1. The summed E-state index contributed by atoms with van der Waals surface area (Å²) < 4.78 is 1.30. The average molecular weight is 363 g/mol. The molecule has 1 aliphatic rings. The molecule has 0 amide bonds. The van der Waals surface area contributed by atoms with Crippen LogP contribution in [0.1, 0.15) is 19.3 Å². The fourth-order valence-electron chi connectivity index (χ4n) is 2.46. The minimum absolute atomic E-state index is 0.0660. The van der Waals surface area contributed by atoms with Crippen molar-refractivity contribution in [1.82, 2.24) is 0 Å². The van der Waals surface area contributed by atoms with Crippen LogP contribution in [0, 0.1) is 10.1 Å². The number of hydrogen-bond donors (Lipinski definition) is 0. The van der Waals surface area contributed by atoms with Gasteiger partial charge in [-0.3, -0.25) is 0 Å². The van der Waals surface area contributed by atoms with Gasteiger partial charge in [0.05, 0.1) is 0 Å². The van der Waals surface area contributed by atoms with Gasteiger partial charge in [0.25, 0.3) is 0 Å². The number of rotatable bonds is 4. The predicted molar refractivity (Wildman–Crippen MR) is 86.7 cm³/mol. The molecule has 1 aromatic carbocycles. The summed E-state index contributed by atoms with van der Waals surface area (Å²) >= 11 is 0.334. The maximum atomic E-state index is 10.6. The average Bonchev–Trinajstić information content (AvgIpc) is 3.02. The molecule has 3 rings (SSSR count). The Morgan fingerprint density at radius 2 is 1.77 bits per heavy atom. The molecule has 0 saturated carbocycles. The Hall–Kier alpha value is -1.98. The van der Waals surface area contributed by atoms with Crippen LogP contribution in [0.25, 0.3) is 0 Å². The summed E-state index contributed by atoms with van der Waals surface area (Å²) in [4.78, 5) is 14.8. The number of nitrogens with zero attached hydrogens (tertiary/aromatic N) is 4. The van der Waals surface area contributed by atoms with E-state index in [9.17, 15) is 10.1 Å². The third kappa shape index (κ3) is 3.43. The number of nitro groups is 1. The third-order valence-electron chi connectivity index (χ3n) is 3.60. The van der Waals surface area contributed by atoms with Gasteiger partial charge in [-0.25, -0.2) is 0 Å². The van der Waals surface area contributed by atoms with E-state index in [-0.39, 0.29) is 5.69 Å². The summed E-state index contributed by atoms with van der Waals surface area (Å²) in [5, 5.41) is 19.2. The van der Waals surface area contributed by atoms with Gasteiger partial charge in [-0.1, -0.05) is 0 Å². The summed E-state index contributed by atoms with van der Waals surface area (Å²) in [5.74, 6) is 0. The molecule has 0 aliphatic carbocycles. The van der Waals surface area contributed by atoms with E-state index in [0.717, 1.165) is 18.8 Å². The van der Waals surface area contributed by atoms with Gasteiger partial charge in [0, 0.05) is 0 Å². The van der Waals surface area contributed by atoms with Crippen LogP contribution >= 0.6 is 0 Å². The van der Waals surface area contributed by atoms with Gasteiger partial charge < -0.3 is 0 Å². The molecule has 0 unspecified atom stereocenters. The van der Waals surface area contributed by atoms with Crippen molar-refractivity contribution in [2.75, 3.05) is 18.0 Å². The third-order valence-corrected chi connectivity index (χ3v) is 5.62. The fraction of sp³-hybridized carbons (Fsp3) is 0.333. The van der Waals surface area contributed by atoms with Gasteiger partial charge >= 0.3 is 134 Å². The Morgan fingerprint density at radius 1 is 1.05 bits per heavy atom. The van der Waals surface area contributed by atoms with Crippen LogP contribution in [-0.2, 0) is 0 Å². The Bertz CT molecular complexity index is 675. The molecular weight excluding hydrogens is 347 g/mol. The van der Waals surface area contributed by atoms with E-state index < -0.39 is 4.92 Å². The zero-order valence-corrected chi connectivity index (χ0v) is 13.7. The van der Waals surface area contributed by atoms with Crippen LogP contribution in [0.2, 0.25) is 0 Å². The van der Waals surface area contributed by atoms with Gasteiger partial charge in [-0.05, 0) is 0 Å². The number of non-ortho nitro benzene ring substituents is 1. The molecule has 0 bridgehead atoms. The minimum atomic E-state index is -0.417. The van der Waals surface area contributed by atoms with Crippen LogP contribution in [-0.4, -0.2) is 32.5 Å². The molecule has 0 atom stereocenters. The van der Waals surface area contributed by atoms with Crippen LogP contribution in [0.3, 0.4) is 0 Å². The van der Waals surface area contributed by atoms with Crippen molar-refractivity contribution in [2.45, 2.75) is 19.3 Å². The van der Waals surface area contributed by atoms with Crippen molar-refractivity contribution in [1.29, 1.82) is 0 Å². The number of benzene rings is 1. The maximum absolute atomic E-state index is 10.6. The molecule has 2 aromatic rings. The normalized spacial score (nSPS) is 15.4. The predicted octanol–water partition coefficient (Wildman–Crippen LogP) is 4.06. The monoisotopic (exact) mass is 364 g/mol. The molecule has 114 valence electrons. The summed E-state index contributed by atoms with van der Waals surface area (Å²) in [6.45, 7) is 2.21. The summed E-state index contributed by atoms with van der Waals surface area (Å²) in [6.07, 6.45) is 3.79. The zero-order chi connectivity index (χ0) is 15.4. The fourth-order valence-corrected chi connectivity index (χ4v) is 4.32. The van der Waals surface area contributed by atoms with E-state index in [2.05, 4.69) is 20.1 Å². The molecule has 1 aromatic heterocycles. The Balaban J connectivity index is 1.75. The molecule has 1 aliphatic heterocycles. The Kier molecular flexibility index (Phi) is 4.65. The number of anilines is 1. The van der Waals surface area contributed by atoms with Crippen molar-refractivity contribution in [3.63, 3.8) is 0 Å². The van der Waals surface area contributed by atoms with Crippen LogP contribution in [0.5, 0.6) is 0 Å². The second-order valence-electron chi connectivity index (χ2n) is 5.13. The molecule has 1 fully saturated rings. The van der Waals surface area contributed by atoms with Crippen LogP contribution in [0.4, 0.5) is 21.6 Å². The second-order valence-corrected chi connectivity index (χ2v) is 7.01. The quantitative estimate of drug-likeness (QED) is 0.356. The summed E-state index contributed by atoms with van der Waals surface area (Å²) in [6, 6.07) is 8.16. The molecule has 2 heterocycles. The van der Waals surface area contributed by atoms with Crippen molar-refractivity contribution < 1.29 is 4.92 Å². The van der Waals surface area contributed by atoms with E-state index in [1.165, 1.54) is 36.0 Å². The van der Waals surface area contributed by atoms with Crippen molar-refractivity contribution in [3.05, 3.63) is 45.4 Å². The van der Waals surface area contributed by atoms with Gasteiger partial charge in [0.1, 0.15) is 0 Å². The van der Waals surface area contributed by atoms with Crippen molar-refractivity contribution in [2.24, 2.45) is 10.2 Å². The summed E-state index contributed by atoms with van der Waals surface area (Å²) in [7, 11) is 0. The number of piperidine rings is 1. The first-order chi connectivity index (χ1) is 10.7. The van der Waals surface area contributed by atoms with E-state index in [4.69, 9.17) is 0 Å². The second kappa shape index (κ2) is 6.85. The van der Waals surface area contributed by atoms with Gasteiger partial charge in [-0.15, -0.1) is 0 Å². The first-order valence-electron chi connectivity index (χ1n) is 7.23. The molecule has 0 N–H and O–H groups in total. The van der Waals surface area contributed by atoms with E-state index >= 15 is 0 Å². The van der Waals surface area contributed by atoms with Crippen molar-refractivity contribution >= 4 is 36.1 Å². The molecule has 6 nitrogen and oxygen atoms in total. The molecule has 1 saturated heterocycles. The standard InChI is InChI=1S/C15H16N4O2Se/c20-19(21)13-6-4-12(5-7-13)16-17-14-8-11-22-15(14)18-9-2-1-3-10-18/h4-8,11H,1-3,9-10H2. The van der Waals surface area contributed by atoms with E-state index in [1.54, 1.807) is 12.1 Å². The van der Waals surface area contributed by atoms with E-state index in [1.807, 2.05) is 6.07 Å². The first kappa shape index (κ1) is 14.9. The van der Waals surface area contributed by atoms with E-state index in [0.29, 0.717) is 20.2 Å². The van der Waals surface area contributed by atoms with Gasteiger partial charge in [-0.2, -0.15) is 0 Å². The zero-order valence-electron chi connectivity index (χ0n) is 12.0. The first-order valence-corrected chi connectivity index (χ1v) is 9.07. The number of hydrogen-bond acceptors (Lipinski definition) is 5. The van der Waals surface area contributed by atoms with Crippen LogP contribution < -0.4 is 4.90 Å². The Labute approximate surface area is 134 Å². The molecular formula is C15H16N4O2Se. The molecule has 0 spiro atoms. The molecule has 22 heavy (non-hydrogen) atoms. The van der Waals surface area contributed by atoms with Gasteiger partial charge in [0.2, 0.25) is 0 Å². The molecule has 0 radical (unpaired) electrons.